The number of carbonyl (C=O) groups is 4. The van der Waals surface area contributed by atoms with Gasteiger partial charge in [-0.2, -0.15) is 0 Å². The van der Waals surface area contributed by atoms with Gasteiger partial charge in [0.05, 0.1) is 19.3 Å². The van der Waals surface area contributed by atoms with E-state index >= 15 is 0 Å². The van der Waals surface area contributed by atoms with Crippen LogP contribution in [0.4, 0.5) is 0 Å². The van der Waals surface area contributed by atoms with Crippen molar-refractivity contribution in [1.29, 1.82) is 0 Å². The van der Waals surface area contributed by atoms with Gasteiger partial charge in [-0.3, -0.25) is 9.59 Å². The van der Waals surface area contributed by atoms with Gasteiger partial charge in [0.25, 0.3) is 0 Å². The van der Waals surface area contributed by atoms with Crippen molar-refractivity contribution in [3.8, 4) is 0 Å². The molecule has 0 bridgehead atoms. The fraction of sp³-hybridized carbons (Fsp3) is 0.667. The van der Waals surface area contributed by atoms with E-state index in [4.69, 9.17) is 20.1 Å². The molecule has 0 spiro atoms. The minimum atomic E-state index is -1.24. The zero-order chi connectivity index (χ0) is 36.1. The number of aliphatic hydroxyl groups is 3. The lowest BCUT2D eigenvalue weighted by molar-refractivity contribution is -0.157. The molecule has 6 atom stereocenters. The highest BCUT2D eigenvalue weighted by Crippen LogP contribution is 2.23. The second-order valence-electron chi connectivity index (χ2n) is 13.1. The topological polar surface area (TPSA) is 199 Å². The van der Waals surface area contributed by atoms with Crippen molar-refractivity contribution in [2.24, 2.45) is 23.7 Å². The van der Waals surface area contributed by atoms with Gasteiger partial charge in [0, 0.05) is 12.2 Å². The van der Waals surface area contributed by atoms with Crippen LogP contribution in [0.1, 0.15) is 106 Å². The number of carboxylic acid groups (broad SMARTS) is 3. The highest BCUT2D eigenvalue weighted by molar-refractivity contribution is 5.84. The Balaban J connectivity index is 5.00. The molecule has 0 aliphatic rings. The maximum Gasteiger partial charge on any atom is 0.331 e. The molecule has 0 aliphatic carbocycles. The zero-order valence-corrected chi connectivity index (χ0v) is 29.0. The molecule has 0 saturated heterocycles. The molecule has 0 heterocycles. The van der Waals surface area contributed by atoms with Crippen LogP contribution >= 0.6 is 0 Å². The number of unbranched alkanes of at least 4 members (excludes halogenated alkanes) is 2. The molecular formula is C36H58O11. The molecule has 6 N–H and O–H groups in total. The summed E-state index contributed by atoms with van der Waals surface area (Å²) in [6.07, 6.45) is 10.8. The summed E-state index contributed by atoms with van der Waals surface area (Å²) in [7, 11) is 0. The first-order chi connectivity index (χ1) is 22.0. The summed E-state index contributed by atoms with van der Waals surface area (Å²) in [5.74, 6) is -5.90. The first-order valence-corrected chi connectivity index (χ1v) is 16.5. The summed E-state index contributed by atoms with van der Waals surface area (Å²) in [6.45, 7) is 10.3. The van der Waals surface area contributed by atoms with Gasteiger partial charge in [0.2, 0.25) is 0 Å². The third-order valence-electron chi connectivity index (χ3n) is 8.08. The van der Waals surface area contributed by atoms with Crippen molar-refractivity contribution >= 4 is 23.9 Å². The number of carbonyl (C=O) groups excluding carboxylic acids is 1. The van der Waals surface area contributed by atoms with E-state index in [1.807, 2.05) is 26.0 Å². The summed E-state index contributed by atoms with van der Waals surface area (Å²) < 4.78 is 5.55. The Kier molecular flexibility index (Phi) is 22.3. The van der Waals surface area contributed by atoms with E-state index < -0.39 is 61.1 Å². The van der Waals surface area contributed by atoms with Gasteiger partial charge < -0.3 is 35.4 Å². The molecule has 0 amide bonds. The number of carboxylic acids is 3. The van der Waals surface area contributed by atoms with E-state index in [0.29, 0.717) is 48.7 Å². The maximum atomic E-state index is 12.7. The molecule has 0 radical (unpaired) electrons. The van der Waals surface area contributed by atoms with E-state index in [2.05, 4.69) is 13.8 Å². The lowest BCUT2D eigenvalue weighted by Crippen LogP contribution is -2.35. The van der Waals surface area contributed by atoms with E-state index in [-0.39, 0.29) is 0 Å². The van der Waals surface area contributed by atoms with E-state index in [1.54, 1.807) is 13.8 Å². The zero-order valence-electron chi connectivity index (χ0n) is 29.0. The predicted molar refractivity (Wildman–Crippen MR) is 179 cm³/mol. The molecule has 11 nitrogen and oxygen atoms in total. The van der Waals surface area contributed by atoms with Gasteiger partial charge in [0.15, 0.2) is 0 Å². The number of aliphatic carboxylic acids is 3. The van der Waals surface area contributed by atoms with Crippen LogP contribution in [0.15, 0.2) is 46.6 Å². The van der Waals surface area contributed by atoms with Crippen LogP contribution < -0.4 is 0 Å². The molecule has 47 heavy (non-hydrogen) atoms. The molecular weight excluding hydrogens is 608 g/mol. The number of esters is 1. The first-order valence-electron chi connectivity index (χ1n) is 16.5. The maximum absolute atomic E-state index is 12.7. The number of aliphatic hydroxyl groups excluding tert-OH is 3. The van der Waals surface area contributed by atoms with Crippen molar-refractivity contribution < 1.29 is 54.6 Å². The third kappa shape index (κ3) is 20.5. The number of rotatable bonds is 25. The van der Waals surface area contributed by atoms with Gasteiger partial charge >= 0.3 is 23.9 Å². The van der Waals surface area contributed by atoms with Gasteiger partial charge in [-0.25, -0.2) is 9.59 Å². The second kappa shape index (κ2) is 23.9. The lowest BCUT2D eigenvalue weighted by atomic mass is 9.93. The fourth-order valence-electron chi connectivity index (χ4n) is 5.79. The number of ether oxygens (including phenoxy) is 1. The Morgan fingerprint density at radius 2 is 1.04 bits per heavy atom. The van der Waals surface area contributed by atoms with Crippen molar-refractivity contribution in [3.05, 3.63) is 46.6 Å². The Morgan fingerprint density at radius 3 is 1.47 bits per heavy atom. The normalized spacial score (nSPS) is 17.0. The minimum Gasteiger partial charge on any atom is -0.481 e. The van der Waals surface area contributed by atoms with Gasteiger partial charge in [-0.05, 0) is 82.8 Å². The monoisotopic (exact) mass is 666 g/mol. The van der Waals surface area contributed by atoms with E-state index in [9.17, 15) is 34.5 Å². The third-order valence-corrected chi connectivity index (χ3v) is 8.08. The van der Waals surface area contributed by atoms with Crippen molar-refractivity contribution in [2.45, 2.75) is 118 Å². The number of hydrogen-bond donors (Lipinski definition) is 6. The van der Waals surface area contributed by atoms with E-state index in [1.165, 1.54) is 6.08 Å². The fourth-order valence-corrected chi connectivity index (χ4v) is 5.79. The first kappa shape index (κ1) is 43.7. The van der Waals surface area contributed by atoms with Crippen molar-refractivity contribution in [1.82, 2.24) is 0 Å². The molecule has 0 aromatic carbocycles. The average Bonchev–Trinajstić information content (AvgIpc) is 2.92. The van der Waals surface area contributed by atoms with Crippen molar-refractivity contribution in [3.63, 3.8) is 0 Å². The van der Waals surface area contributed by atoms with Crippen LogP contribution in [0.2, 0.25) is 0 Å². The summed E-state index contributed by atoms with van der Waals surface area (Å²) in [6, 6.07) is 0. The highest BCUT2D eigenvalue weighted by atomic mass is 16.5. The van der Waals surface area contributed by atoms with Crippen LogP contribution in [-0.2, 0) is 23.9 Å². The summed E-state index contributed by atoms with van der Waals surface area (Å²) >= 11 is 0. The Labute approximate surface area is 279 Å². The van der Waals surface area contributed by atoms with Gasteiger partial charge in [-0.1, -0.05) is 69.2 Å². The standard InChI is InChI=1S/C36H58O11/c1-23(11-7-9-13-31(39)29(21-37)35(43)44)16-26(4)18-28(6)20-34(42)47-32(30(22-38)36(45)46)14-10-8-12-24(2)15-25(3)17-27(5)19-33(40)41/h17-20,23-24,29-32,37-39H,7-16,21-22H2,1-6H3,(H,40,41)(H,43,44)(H,45,46)/b25-17+,26-18+,27-19+,28-20+/t23-,24+,29+,30+,31-,32-/m0/s1. The quantitative estimate of drug-likeness (QED) is 0.0303. The lowest BCUT2D eigenvalue weighted by Gasteiger charge is -2.22. The molecule has 11 heteroatoms. The molecule has 0 fully saturated rings. The van der Waals surface area contributed by atoms with Crippen LogP contribution in [0.25, 0.3) is 0 Å². The molecule has 0 aromatic rings. The smallest absolute Gasteiger partial charge is 0.331 e. The summed E-state index contributed by atoms with van der Waals surface area (Å²) in [4.78, 5) is 46.4. The Bertz CT molecular complexity index is 1120. The molecule has 0 saturated carbocycles. The molecule has 268 valence electrons. The summed E-state index contributed by atoms with van der Waals surface area (Å²) in [5.41, 5.74) is 3.41. The van der Waals surface area contributed by atoms with Crippen molar-refractivity contribution in [2.75, 3.05) is 13.2 Å². The van der Waals surface area contributed by atoms with Crippen LogP contribution in [0.3, 0.4) is 0 Å². The summed E-state index contributed by atoms with van der Waals surface area (Å²) in [5, 5.41) is 56.3. The van der Waals surface area contributed by atoms with Gasteiger partial charge in [0.1, 0.15) is 17.9 Å². The average molecular weight is 667 g/mol. The Morgan fingerprint density at radius 1 is 0.617 bits per heavy atom. The van der Waals surface area contributed by atoms with Crippen LogP contribution in [-0.4, -0.2) is 79.9 Å². The largest absolute Gasteiger partial charge is 0.481 e. The SMILES string of the molecule is CC(=C\C(=O)O)/C=C(\C)C[C@H](C)CCCC[C@H](OC(=O)/C=C(C)/C=C(\C)C[C@@H](C)CCCC[C@H](O)[C@@H](CO)C(=O)O)[C@@H](CO)C(=O)O. The predicted octanol–water partition coefficient (Wildman–Crippen LogP) is 5.69. The van der Waals surface area contributed by atoms with Crippen LogP contribution in [0, 0.1) is 23.7 Å². The molecule has 0 aliphatic heterocycles. The molecule has 0 rings (SSSR count). The Hall–Kier alpha value is -3.28. The minimum absolute atomic E-state index is 0.290. The molecule has 0 aromatic heterocycles. The van der Waals surface area contributed by atoms with Crippen LogP contribution in [0.5, 0.6) is 0 Å². The highest BCUT2D eigenvalue weighted by Gasteiger charge is 2.30. The van der Waals surface area contributed by atoms with E-state index in [0.717, 1.165) is 55.7 Å². The molecule has 0 unspecified atom stereocenters. The number of hydrogen-bond acceptors (Lipinski definition) is 8. The van der Waals surface area contributed by atoms with Gasteiger partial charge in [-0.15, -0.1) is 0 Å². The number of allylic oxidation sites excluding steroid dienone is 6. The second-order valence-corrected chi connectivity index (χ2v) is 13.1.